The normalized spacial score (nSPS) is 23.3. The standard InChI is InChI=1S/C20H16Cl3NO5S/c1-29-17-8-16(23)15(22)7-11(17)6-12-10-24-18(25)9-20(24,19(12)26)30(27,28)14-4-2-13(21)3-5-14/h2-5,7-8,12H,6,9-10H2,1H3. The van der Waals surface area contributed by atoms with Crippen LogP contribution in [0.4, 0.5) is 0 Å². The van der Waals surface area contributed by atoms with Crippen LogP contribution in [-0.4, -0.2) is 43.5 Å². The number of ketones is 1. The van der Waals surface area contributed by atoms with E-state index in [0.29, 0.717) is 26.4 Å². The van der Waals surface area contributed by atoms with Crippen LogP contribution >= 0.6 is 34.8 Å². The zero-order chi connectivity index (χ0) is 21.8. The minimum atomic E-state index is -4.14. The number of carbonyl (C=O) groups is 2. The molecule has 10 heteroatoms. The summed E-state index contributed by atoms with van der Waals surface area (Å²) in [6.07, 6.45) is -0.202. The van der Waals surface area contributed by atoms with Crippen LogP contribution in [0.15, 0.2) is 41.3 Å². The highest BCUT2D eigenvalue weighted by molar-refractivity contribution is 7.93. The van der Waals surface area contributed by atoms with Crippen molar-refractivity contribution in [1.82, 2.24) is 4.90 Å². The lowest BCUT2D eigenvalue weighted by Crippen LogP contribution is -2.67. The summed E-state index contributed by atoms with van der Waals surface area (Å²) in [5.74, 6) is -1.16. The van der Waals surface area contributed by atoms with Gasteiger partial charge in [0.2, 0.25) is 20.6 Å². The monoisotopic (exact) mass is 487 g/mol. The number of β-lactam (4-membered cyclic amide) rings is 1. The molecule has 2 heterocycles. The molecule has 0 aromatic heterocycles. The number of rotatable bonds is 5. The highest BCUT2D eigenvalue weighted by Gasteiger charge is 2.70. The molecule has 6 nitrogen and oxygen atoms in total. The van der Waals surface area contributed by atoms with E-state index in [2.05, 4.69) is 0 Å². The molecule has 30 heavy (non-hydrogen) atoms. The summed E-state index contributed by atoms with van der Waals surface area (Å²) in [5, 5.41) is 0.965. The maximum Gasteiger partial charge on any atom is 0.228 e. The zero-order valence-electron chi connectivity index (χ0n) is 15.7. The molecule has 2 aliphatic rings. The number of hydrogen-bond acceptors (Lipinski definition) is 5. The molecule has 2 unspecified atom stereocenters. The third kappa shape index (κ3) is 3.02. The number of halogens is 3. The SMILES string of the molecule is COc1cc(Cl)c(Cl)cc1CC1CN2C(=O)CC2(S(=O)(=O)c2ccc(Cl)cc2)C1=O. The zero-order valence-corrected chi connectivity index (χ0v) is 18.8. The number of benzene rings is 2. The minimum Gasteiger partial charge on any atom is -0.496 e. The smallest absolute Gasteiger partial charge is 0.228 e. The first-order valence-corrected chi connectivity index (χ1v) is 11.6. The van der Waals surface area contributed by atoms with E-state index in [1.807, 2.05) is 0 Å². The van der Waals surface area contributed by atoms with Gasteiger partial charge in [0.25, 0.3) is 0 Å². The van der Waals surface area contributed by atoms with Crippen molar-refractivity contribution in [3.05, 3.63) is 57.0 Å². The van der Waals surface area contributed by atoms with Crippen molar-refractivity contribution < 1.29 is 22.7 Å². The molecule has 2 aromatic rings. The van der Waals surface area contributed by atoms with E-state index >= 15 is 0 Å². The fraction of sp³-hybridized carbons (Fsp3) is 0.300. The summed E-state index contributed by atoms with van der Waals surface area (Å²) >= 11 is 18.0. The van der Waals surface area contributed by atoms with Crippen LogP contribution < -0.4 is 4.74 Å². The van der Waals surface area contributed by atoms with Gasteiger partial charge in [0.1, 0.15) is 5.75 Å². The van der Waals surface area contributed by atoms with Gasteiger partial charge in [0.15, 0.2) is 5.78 Å². The molecule has 2 aromatic carbocycles. The molecule has 158 valence electrons. The van der Waals surface area contributed by atoms with E-state index in [1.165, 1.54) is 31.4 Å². The van der Waals surface area contributed by atoms with Gasteiger partial charge in [-0.25, -0.2) is 8.42 Å². The van der Waals surface area contributed by atoms with Crippen molar-refractivity contribution in [1.29, 1.82) is 0 Å². The number of carbonyl (C=O) groups excluding carboxylic acids is 2. The lowest BCUT2D eigenvalue weighted by molar-refractivity contribution is -0.150. The molecular weight excluding hydrogens is 473 g/mol. The van der Waals surface area contributed by atoms with Crippen LogP contribution in [0.1, 0.15) is 12.0 Å². The molecule has 2 aliphatic heterocycles. The van der Waals surface area contributed by atoms with Gasteiger partial charge in [-0.3, -0.25) is 9.59 Å². The second-order valence-corrected chi connectivity index (χ2v) is 10.7. The molecule has 0 aliphatic carbocycles. The molecule has 0 radical (unpaired) electrons. The molecule has 0 bridgehead atoms. The lowest BCUT2D eigenvalue weighted by Gasteiger charge is -2.44. The van der Waals surface area contributed by atoms with E-state index in [4.69, 9.17) is 39.5 Å². The Bertz CT molecular complexity index is 1170. The van der Waals surface area contributed by atoms with Gasteiger partial charge < -0.3 is 9.64 Å². The second-order valence-electron chi connectivity index (χ2n) is 7.27. The van der Waals surface area contributed by atoms with Crippen molar-refractivity contribution in [2.45, 2.75) is 22.6 Å². The van der Waals surface area contributed by atoms with Crippen molar-refractivity contribution in [2.75, 3.05) is 13.7 Å². The van der Waals surface area contributed by atoms with Crippen LogP contribution in [0.3, 0.4) is 0 Å². The van der Waals surface area contributed by atoms with Gasteiger partial charge in [0, 0.05) is 23.6 Å². The first-order chi connectivity index (χ1) is 14.1. The van der Waals surface area contributed by atoms with Crippen molar-refractivity contribution in [2.24, 2.45) is 5.92 Å². The van der Waals surface area contributed by atoms with Crippen LogP contribution in [0.5, 0.6) is 5.75 Å². The largest absolute Gasteiger partial charge is 0.496 e. The summed E-state index contributed by atoms with van der Waals surface area (Å²) in [6.45, 7) is 0.00782. The summed E-state index contributed by atoms with van der Waals surface area (Å²) in [4.78, 5) is 24.8. The molecule has 1 amide bonds. The van der Waals surface area contributed by atoms with Crippen molar-refractivity contribution >= 4 is 56.3 Å². The first-order valence-electron chi connectivity index (χ1n) is 8.98. The number of sulfone groups is 1. The Morgan fingerprint density at radius 1 is 1.10 bits per heavy atom. The summed E-state index contributed by atoms with van der Waals surface area (Å²) < 4.78 is 32.1. The minimum absolute atomic E-state index is 0.00782. The molecule has 2 fully saturated rings. The molecule has 2 atom stereocenters. The van der Waals surface area contributed by atoms with E-state index in [0.717, 1.165) is 4.90 Å². The summed E-state index contributed by atoms with van der Waals surface area (Å²) in [7, 11) is -2.68. The highest BCUT2D eigenvalue weighted by atomic mass is 35.5. The van der Waals surface area contributed by atoms with Gasteiger partial charge in [-0.15, -0.1) is 0 Å². The molecule has 0 N–H and O–H groups in total. The van der Waals surface area contributed by atoms with Crippen molar-refractivity contribution in [3.63, 3.8) is 0 Å². The fourth-order valence-corrected chi connectivity index (χ4v) is 6.68. The van der Waals surface area contributed by atoms with Gasteiger partial charge in [-0.2, -0.15) is 0 Å². The van der Waals surface area contributed by atoms with Gasteiger partial charge in [-0.05, 0) is 42.3 Å². The van der Waals surface area contributed by atoms with E-state index in [9.17, 15) is 18.0 Å². The topological polar surface area (TPSA) is 80.8 Å². The Balaban J connectivity index is 1.71. The van der Waals surface area contributed by atoms with Crippen molar-refractivity contribution in [3.8, 4) is 5.75 Å². The number of nitrogens with zero attached hydrogens (tertiary/aromatic N) is 1. The lowest BCUT2D eigenvalue weighted by atomic mass is 9.92. The molecule has 2 saturated heterocycles. The van der Waals surface area contributed by atoms with Gasteiger partial charge in [-0.1, -0.05) is 34.8 Å². The maximum absolute atomic E-state index is 13.4. The van der Waals surface area contributed by atoms with Gasteiger partial charge >= 0.3 is 0 Å². The second kappa shape index (κ2) is 7.41. The number of amides is 1. The third-order valence-corrected chi connectivity index (χ3v) is 8.97. The number of methoxy groups -OCH3 is 1. The van der Waals surface area contributed by atoms with Crippen LogP contribution in [0.25, 0.3) is 0 Å². The average Bonchev–Trinajstić information content (AvgIpc) is 2.93. The van der Waals surface area contributed by atoms with Crippen LogP contribution in [0.2, 0.25) is 15.1 Å². The molecule has 4 rings (SSSR count). The molecule has 0 saturated carbocycles. The summed E-state index contributed by atoms with van der Waals surface area (Å²) in [6, 6.07) is 8.69. The van der Waals surface area contributed by atoms with E-state index in [-0.39, 0.29) is 30.2 Å². The van der Waals surface area contributed by atoms with E-state index in [1.54, 1.807) is 12.1 Å². The third-order valence-electron chi connectivity index (χ3n) is 5.64. The Kier molecular flexibility index (Phi) is 5.29. The Hall–Kier alpha value is -1.80. The number of hydrogen-bond donors (Lipinski definition) is 0. The Morgan fingerprint density at radius 2 is 1.73 bits per heavy atom. The van der Waals surface area contributed by atoms with Crippen LogP contribution in [-0.2, 0) is 25.8 Å². The molecule has 0 spiro atoms. The predicted octanol–water partition coefficient (Wildman–Crippen LogP) is 3.80. The van der Waals surface area contributed by atoms with Gasteiger partial charge in [0.05, 0.1) is 28.5 Å². The summed E-state index contributed by atoms with van der Waals surface area (Å²) in [5.41, 5.74) is 0.610. The first kappa shape index (κ1) is 21.4. The quantitative estimate of drug-likeness (QED) is 0.598. The number of ether oxygens (including phenoxy) is 1. The fourth-order valence-electron chi connectivity index (χ4n) is 4.12. The van der Waals surface area contributed by atoms with E-state index < -0.39 is 26.4 Å². The molecular formula is C20H16Cl3NO5S. The Morgan fingerprint density at radius 3 is 2.33 bits per heavy atom. The average molecular weight is 489 g/mol. The number of fused-ring (bicyclic) bond motifs is 1. The highest BCUT2D eigenvalue weighted by Crippen LogP contribution is 2.49. The maximum atomic E-state index is 13.4. The predicted molar refractivity (Wildman–Crippen MR) is 113 cm³/mol. The van der Waals surface area contributed by atoms with Crippen LogP contribution in [0, 0.1) is 5.92 Å². The number of Topliss-reactive ketones (excluding diaryl/α,β-unsaturated/α-hetero) is 1. The Labute approximate surface area is 188 Å².